The van der Waals surface area contributed by atoms with Gasteiger partial charge in [-0.2, -0.15) is 0 Å². The second-order valence-corrected chi connectivity index (χ2v) is 8.20. The zero-order valence-electron chi connectivity index (χ0n) is 14.9. The number of nitrogens with one attached hydrogen (secondary N) is 2. The van der Waals surface area contributed by atoms with Crippen molar-refractivity contribution in [1.82, 2.24) is 10.6 Å². The van der Waals surface area contributed by atoms with E-state index in [4.69, 9.17) is 4.74 Å². The zero-order valence-corrected chi connectivity index (χ0v) is 14.9. The summed E-state index contributed by atoms with van der Waals surface area (Å²) in [6.07, 6.45) is 2.51. The van der Waals surface area contributed by atoms with Crippen LogP contribution in [0.15, 0.2) is 0 Å². The smallest absolute Gasteiger partial charge is 0.249 e. The van der Waals surface area contributed by atoms with Crippen molar-refractivity contribution >= 4 is 5.91 Å². The van der Waals surface area contributed by atoms with Crippen LogP contribution in [0.4, 0.5) is 0 Å². The molecular formula is C17H34N2O2. The average Bonchev–Trinajstić information content (AvgIpc) is 2.23. The third kappa shape index (κ3) is 6.79. The standard InChI is InChI=1S/C17H34N2O2/c1-12(2)8-9-21-13(3)15(20)18-14-10-16(4,5)19-17(6,7)11-14/h12-14,19H,8-11H2,1-7H3,(H,18,20). The summed E-state index contributed by atoms with van der Waals surface area (Å²) in [5, 5.41) is 6.79. The molecule has 124 valence electrons. The zero-order chi connectivity index (χ0) is 16.3. The number of carbonyl (C=O) groups excluding carboxylic acids is 1. The fraction of sp³-hybridized carbons (Fsp3) is 0.941. The average molecular weight is 298 g/mol. The van der Waals surface area contributed by atoms with E-state index in [9.17, 15) is 4.79 Å². The van der Waals surface area contributed by atoms with Crippen LogP contribution in [-0.4, -0.2) is 35.7 Å². The summed E-state index contributed by atoms with van der Waals surface area (Å²) in [7, 11) is 0. The maximum Gasteiger partial charge on any atom is 0.249 e. The van der Waals surface area contributed by atoms with Crippen LogP contribution in [0.2, 0.25) is 0 Å². The Labute approximate surface area is 130 Å². The van der Waals surface area contributed by atoms with Crippen molar-refractivity contribution in [3.05, 3.63) is 0 Å². The molecule has 1 saturated heterocycles. The molecule has 0 radical (unpaired) electrons. The molecule has 1 rings (SSSR count). The number of amides is 1. The van der Waals surface area contributed by atoms with Gasteiger partial charge in [0.15, 0.2) is 0 Å². The van der Waals surface area contributed by atoms with Gasteiger partial charge in [-0.15, -0.1) is 0 Å². The molecule has 1 atom stereocenters. The quantitative estimate of drug-likeness (QED) is 0.793. The third-order valence-corrected chi connectivity index (χ3v) is 3.97. The van der Waals surface area contributed by atoms with E-state index in [1.807, 2.05) is 6.92 Å². The number of hydrogen-bond acceptors (Lipinski definition) is 3. The highest BCUT2D eigenvalue weighted by atomic mass is 16.5. The van der Waals surface area contributed by atoms with Gasteiger partial charge in [-0.3, -0.25) is 4.79 Å². The van der Waals surface area contributed by atoms with Crippen LogP contribution in [0.5, 0.6) is 0 Å². The number of carbonyl (C=O) groups is 1. The maximum atomic E-state index is 12.3. The largest absolute Gasteiger partial charge is 0.369 e. The summed E-state index contributed by atoms with van der Waals surface area (Å²) in [4.78, 5) is 12.3. The van der Waals surface area contributed by atoms with Gasteiger partial charge in [0.1, 0.15) is 6.10 Å². The first-order valence-corrected chi connectivity index (χ1v) is 8.22. The van der Waals surface area contributed by atoms with E-state index in [0.29, 0.717) is 12.5 Å². The molecule has 0 aliphatic carbocycles. The van der Waals surface area contributed by atoms with Crippen molar-refractivity contribution in [3.8, 4) is 0 Å². The highest BCUT2D eigenvalue weighted by Gasteiger charge is 2.38. The van der Waals surface area contributed by atoms with Crippen LogP contribution < -0.4 is 10.6 Å². The number of hydrogen-bond donors (Lipinski definition) is 2. The van der Waals surface area contributed by atoms with Gasteiger partial charge in [-0.25, -0.2) is 0 Å². The van der Waals surface area contributed by atoms with Crippen LogP contribution in [0, 0.1) is 5.92 Å². The van der Waals surface area contributed by atoms with Gasteiger partial charge in [0.05, 0.1) is 0 Å². The number of piperidine rings is 1. The normalized spacial score (nSPS) is 23.0. The maximum absolute atomic E-state index is 12.3. The van der Waals surface area contributed by atoms with Crippen molar-refractivity contribution in [3.63, 3.8) is 0 Å². The molecule has 1 aliphatic rings. The Kier molecular flexibility index (Phi) is 6.23. The van der Waals surface area contributed by atoms with Gasteiger partial charge < -0.3 is 15.4 Å². The molecule has 1 fully saturated rings. The van der Waals surface area contributed by atoms with Crippen LogP contribution in [-0.2, 0) is 9.53 Å². The first kappa shape index (κ1) is 18.4. The Morgan fingerprint density at radius 1 is 1.19 bits per heavy atom. The van der Waals surface area contributed by atoms with E-state index >= 15 is 0 Å². The summed E-state index contributed by atoms with van der Waals surface area (Å²) >= 11 is 0. The summed E-state index contributed by atoms with van der Waals surface area (Å²) in [6, 6.07) is 0.208. The molecule has 1 aliphatic heterocycles. The van der Waals surface area contributed by atoms with Crippen molar-refractivity contribution in [2.24, 2.45) is 5.92 Å². The van der Waals surface area contributed by atoms with Crippen LogP contribution >= 0.6 is 0 Å². The Bertz CT molecular complexity index is 335. The minimum atomic E-state index is -0.370. The lowest BCUT2D eigenvalue weighted by atomic mass is 9.79. The number of rotatable bonds is 6. The molecule has 0 saturated carbocycles. The predicted octanol–water partition coefficient (Wildman–Crippen LogP) is 2.86. The number of ether oxygens (including phenoxy) is 1. The minimum Gasteiger partial charge on any atom is -0.369 e. The van der Waals surface area contributed by atoms with Crippen molar-refractivity contribution in [2.75, 3.05) is 6.61 Å². The molecule has 21 heavy (non-hydrogen) atoms. The molecule has 4 heteroatoms. The van der Waals surface area contributed by atoms with Gasteiger partial charge in [-0.1, -0.05) is 13.8 Å². The van der Waals surface area contributed by atoms with E-state index in [0.717, 1.165) is 19.3 Å². The van der Waals surface area contributed by atoms with E-state index in [2.05, 4.69) is 52.2 Å². The molecule has 0 aromatic carbocycles. The monoisotopic (exact) mass is 298 g/mol. The molecule has 0 aromatic rings. The Hall–Kier alpha value is -0.610. The van der Waals surface area contributed by atoms with Crippen LogP contribution in [0.1, 0.15) is 67.7 Å². The molecule has 0 spiro atoms. The summed E-state index contributed by atoms with van der Waals surface area (Å²) < 4.78 is 5.63. The molecule has 4 nitrogen and oxygen atoms in total. The Morgan fingerprint density at radius 2 is 1.71 bits per heavy atom. The predicted molar refractivity (Wildman–Crippen MR) is 87.3 cm³/mol. The van der Waals surface area contributed by atoms with Gasteiger partial charge in [0, 0.05) is 23.7 Å². The summed E-state index contributed by atoms with van der Waals surface area (Å²) in [6.45, 7) is 15.6. The first-order valence-electron chi connectivity index (χ1n) is 8.22. The third-order valence-electron chi connectivity index (χ3n) is 3.97. The van der Waals surface area contributed by atoms with Crippen molar-refractivity contribution in [1.29, 1.82) is 0 Å². The van der Waals surface area contributed by atoms with Crippen LogP contribution in [0.25, 0.3) is 0 Å². The van der Waals surface area contributed by atoms with Crippen molar-refractivity contribution < 1.29 is 9.53 Å². The van der Waals surface area contributed by atoms with E-state index < -0.39 is 0 Å². The van der Waals surface area contributed by atoms with Crippen LogP contribution in [0.3, 0.4) is 0 Å². The Morgan fingerprint density at radius 3 is 2.19 bits per heavy atom. The molecule has 2 N–H and O–H groups in total. The lowest BCUT2D eigenvalue weighted by Gasteiger charge is -2.46. The first-order chi connectivity index (χ1) is 9.51. The van der Waals surface area contributed by atoms with Gasteiger partial charge in [-0.05, 0) is 59.8 Å². The van der Waals surface area contributed by atoms with E-state index in [1.54, 1.807) is 0 Å². The second-order valence-electron chi connectivity index (χ2n) is 8.20. The van der Waals surface area contributed by atoms with E-state index in [-0.39, 0.29) is 29.1 Å². The summed E-state index contributed by atoms with van der Waals surface area (Å²) in [5.41, 5.74) is 0.0862. The molecule has 0 bridgehead atoms. The molecular weight excluding hydrogens is 264 g/mol. The second kappa shape index (κ2) is 7.10. The minimum absolute atomic E-state index is 0.0113. The lowest BCUT2D eigenvalue weighted by molar-refractivity contribution is -0.133. The topological polar surface area (TPSA) is 50.4 Å². The Balaban J connectivity index is 2.46. The molecule has 1 heterocycles. The lowest BCUT2D eigenvalue weighted by Crippen LogP contribution is -2.62. The summed E-state index contributed by atoms with van der Waals surface area (Å²) in [5.74, 6) is 0.614. The van der Waals surface area contributed by atoms with Crippen molar-refractivity contribution in [2.45, 2.75) is 91.0 Å². The molecule has 0 aromatic heterocycles. The van der Waals surface area contributed by atoms with Gasteiger partial charge in [0.25, 0.3) is 0 Å². The highest BCUT2D eigenvalue weighted by molar-refractivity contribution is 5.80. The molecule has 1 unspecified atom stereocenters. The van der Waals surface area contributed by atoms with Gasteiger partial charge >= 0.3 is 0 Å². The van der Waals surface area contributed by atoms with Gasteiger partial charge in [0.2, 0.25) is 5.91 Å². The molecule has 1 amide bonds. The van der Waals surface area contributed by atoms with E-state index in [1.165, 1.54) is 0 Å². The fourth-order valence-corrected chi connectivity index (χ4v) is 3.30. The SMILES string of the molecule is CC(C)CCOC(C)C(=O)NC1CC(C)(C)NC(C)(C)C1. The highest BCUT2D eigenvalue weighted by Crippen LogP contribution is 2.28. The fourth-order valence-electron chi connectivity index (χ4n) is 3.30.